The molecule has 9 heteroatoms. The van der Waals surface area contributed by atoms with Gasteiger partial charge in [-0.15, -0.1) is 0 Å². The van der Waals surface area contributed by atoms with E-state index in [1.165, 1.54) is 7.11 Å². The van der Waals surface area contributed by atoms with E-state index < -0.39 is 23.6 Å². The second kappa shape index (κ2) is 10.6. The highest BCUT2D eigenvalue weighted by Gasteiger charge is 2.36. The van der Waals surface area contributed by atoms with Gasteiger partial charge < -0.3 is 14.8 Å². The van der Waals surface area contributed by atoms with Crippen LogP contribution in [0.2, 0.25) is 5.02 Å². The van der Waals surface area contributed by atoms with Crippen molar-refractivity contribution in [2.24, 2.45) is 0 Å². The summed E-state index contributed by atoms with van der Waals surface area (Å²) in [7, 11) is 1.54. The minimum atomic E-state index is -0.534. The summed E-state index contributed by atoms with van der Waals surface area (Å²) in [5.41, 5.74) is 1.08. The zero-order valence-electron chi connectivity index (χ0n) is 17.9. The highest BCUT2D eigenvalue weighted by molar-refractivity contribution is 8.18. The molecule has 168 valence electrons. The Morgan fingerprint density at radius 3 is 2.66 bits per heavy atom. The largest absolute Gasteiger partial charge is 0.493 e. The van der Waals surface area contributed by atoms with Gasteiger partial charge in [-0.1, -0.05) is 36.7 Å². The fraction of sp³-hybridized carbons (Fsp3) is 0.261. The molecule has 0 unspecified atom stereocenters. The van der Waals surface area contributed by atoms with Crippen LogP contribution in [0.15, 0.2) is 47.4 Å². The van der Waals surface area contributed by atoms with Crippen molar-refractivity contribution in [1.29, 1.82) is 0 Å². The van der Waals surface area contributed by atoms with Crippen molar-refractivity contribution in [2.75, 3.05) is 19.0 Å². The molecule has 1 atom stereocenters. The summed E-state index contributed by atoms with van der Waals surface area (Å²) < 4.78 is 11.2. The lowest BCUT2D eigenvalue weighted by Gasteiger charge is -2.15. The Kier molecular flexibility index (Phi) is 7.82. The van der Waals surface area contributed by atoms with E-state index in [0.29, 0.717) is 27.8 Å². The molecule has 32 heavy (non-hydrogen) atoms. The van der Waals surface area contributed by atoms with Crippen LogP contribution in [0.5, 0.6) is 11.5 Å². The van der Waals surface area contributed by atoms with E-state index in [-0.39, 0.29) is 11.0 Å². The molecule has 3 rings (SSSR count). The summed E-state index contributed by atoms with van der Waals surface area (Å²) in [6.07, 6.45) is 2.47. The van der Waals surface area contributed by atoms with E-state index in [9.17, 15) is 14.4 Å². The number of rotatable bonds is 8. The number of thioether (sulfide) groups is 1. The van der Waals surface area contributed by atoms with Crippen LogP contribution in [0.4, 0.5) is 10.5 Å². The molecule has 0 aromatic heterocycles. The number of amides is 3. The molecule has 3 amide bonds. The first-order valence-electron chi connectivity index (χ1n) is 9.96. The molecular formula is C23H23ClN2O5S. The van der Waals surface area contributed by atoms with E-state index in [1.54, 1.807) is 48.5 Å². The second-order valence-corrected chi connectivity index (χ2v) is 8.44. The van der Waals surface area contributed by atoms with Gasteiger partial charge in [0.05, 0.1) is 28.8 Å². The number of carbonyl (C=O) groups excluding carboxylic acids is 3. The Balaban J connectivity index is 1.72. The quantitative estimate of drug-likeness (QED) is 0.529. The first-order valence-corrected chi connectivity index (χ1v) is 11.2. The van der Waals surface area contributed by atoms with Crippen molar-refractivity contribution in [3.63, 3.8) is 0 Å². The number of methoxy groups -OCH3 is 1. The van der Waals surface area contributed by atoms with Gasteiger partial charge in [0.25, 0.3) is 11.1 Å². The molecule has 1 saturated heterocycles. The maximum Gasteiger partial charge on any atom is 0.294 e. The number of benzene rings is 2. The molecule has 1 heterocycles. The topological polar surface area (TPSA) is 84.9 Å². The normalized spacial score (nSPS) is 15.8. The number of hydrogen-bond donors (Lipinski definition) is 1. The highest BCUT2D eigenvalue weighted by atomic mass is 35.5. The summed E-state index contributed by atoms with van der Waals surface area (Å²) in [5, 5.41) is 2.46. The Morgan fingerprint density at radius 1 is 1.22 bits per heavy atom. The third kappa shape index (κ3) is 5.63. The molecular weight excluding hydrogens is 452 g/mol. The highest BCUT2D eigenvalue weighted by Crippen LogP contribution is 2.35. The van der Waals surface area contributed by atoms with E-state index in [4.69, 9.17) is 21.1 Å². The fourth-order valence-corrected chi connectivity index (χ4v) is 3.88. The summed E-state index contributed by atoms with van der Waals surface area (Å²) in [4.78, 5) is 38.5. The zero-order valence-corrected chi connectivity index (χ0v) is 19.5. The van der Waals surface area contributed by atoms with Crippen LogP contribution in [0.1, 0.15) is 25.8 Å². The Labute approximate surface area is 195 Å². The molecule has 0 spiro atoms. The first-order chi connectivity index (χ1) is 15.3. The van der Waals surface area contributed by atoms with E-state index in [1.807, 2.05) is 13.8 Å². The predicted octanol–water partition coefficient (Wildman–Crippen LogP) is 5.20. The molecule has 7 nitrogen and oxygen atoms in total. The van der Waals surface area contributed by atoms with Gasteiger partial charge in [-0.2, -0.15) is 0 Å². The first kappa shape index (κ1) is 23.7. The number of ether oxygens (including phenoxy) is 2. The van der Waals surface area contributed by atoms with Gasteiger partial charge in [0.1, 0.15) is 6.54 Å². The zero-order chi connectivity index (χ0) is 23.3. The third-order valence-electron chi connectivity index (χ3n) is 4.71. The monoisotopic (exact) mass is 474 g/mol. The van der Waals surface area contributed by atoms with Crippen molar-refractivity contribution in [2.45, 2.75) is 26.4 Å². The van der Waals surface area contributed by atoms with Gasteiger partial charge in [-0.3, -0.25) is 19.3 Å². The molecule has 1 fully saturated rings. The molecule has 0 aliphatic carbocycles. The maximum absolute atomic E-state index is 12.7. The number of carbonyl (C=O) groups is 3. The van der Waals surface area contributed by atoms with Crippen LogP contribution in [0.25, 0.3) is 6.08 Å². The lowest BCUT2D eigenvalue weighted by atomic mass is 10.1. The van der Waals surface area contributed by atoms with Crippen LogP contribution in [0, 0.1) is 0 Å². The molecule has 1 aliphatic heterocycles. The van der Waals surface area contributed by atoms with E-state index >= 15 is 0 Å². The van der Waals surface area contributed by atoms with Gasteiger partial charge in [-0.05, 0) is 61.0 Å². The van der Waals surface area contributed by atoms with Gasteiger partial charge in [0, 0.05) is 0 Å². The Bertz CT molecular complexity index is 1070. The SMILES string of the molecule is CC[C@@H](C)Oc1ccc(/C=C2/SC(=O)N(CC(=O)Nc3ccccc3Cl)C2=O)cc1OC. The summed E-state index contributed by atoms with van der Waals surface area (Å²) in [6, 6.07) is 12.0. The van der Waals surface area contributed by atoms with Crippen LogP contribution < -0.4 is 14.8 Å². The van der Waals surface area contributed by atoms with Crippen molar-refractivity contribution >= 4 is 52.2 Å². The number of para-hydroxylation sites is 1. The van der Waals surface area contributed by atoms with Gasteiger partial charge in [-0.25, -0.2) is 0 Å². The maximum atomic E-state index is 12.7. The van der Waals surface area contributed by atoms with Crippen LogP contribution in [-0.2, 0) is 9.59 Å². The number of anilines is 1. The summed E-state index contributed by atoms with van der Waals surface area (Å²) >= 11 is 6.81. The smallest absolute Gasteiger partial charge is 0.294 e. The fourth-order valence-electron chi connectivity index (χ4n) is 2.85. The molecule has 1 aliphatic rings. The van der Waals surface area contributed by atoms with Crippen molar-refractivity contribution in [3.05, 3.63) is 58.0 Å². The number of nitrogens with zero attached hydrogens (tertiary/aromatic N) is 1. The lowest BCUT2D eigenvalue weighted by molar-refractivity contribution is -0.127. The standard InChI is InChI=1S/C23H23ClN2O5S/c1-4-14(2)31-18-10-9-15(11-19(18)30-3)12-20-22(28)26(23(29)32-20)13-21(27)25-17-8-6-5-7-16(17)24/h5-12,14H,4,13H2,1-3H3,(H,25,27)/b20-12+/t14-/m1/s1. The van der Waals surface area contributed by atoms with Crippen molar-refractivity contribution in [3.8, 4) is 11.5 Å². The molecule has 0 radical (unpaired) electrons. The molecule has 1 N–H and O–H groups in total. The van der Waals surface area contributed by atoms with Crippen LogP contribution in [0.3, 0.4) is 0 Å². The molecule has 0 saturated carbocycles. The lowest BCUT2D eigenvalue weighted by Crippen LogP contribution is -2.36. The van der Waals surface area contributed by atoms with Gasteiger partial charge >= 0.3 is 0 Å². The third-order valence-corrected chi connectivity index (χ3v) is 5.95. The summed E-state index contributed by atoms with van der Waals surface area (Å²) in [5.74, 6) is 0.0730. The number of hydrogen-bond acceptors (Lipinski definition) is 6. The Morgan fingerprint density at radius 2 is 1.97 bits per heavy atom. The average Bonchev–Trinajstić information content (AvgIpc) is 3.03. The number of imide groups is 1. The number of halogens is 1. The van der Waals surface area contributed by atoms with Gasteiger partial charge in [0.15, 0.2) is 11.5 Å². The minimum Gasteiger partial charge on any atom is -0.493 e. The minimum absolute atomic E-state index is 0.0307. The van der Waals surface area contributed by atoms with Gasteiger partial charge in [0.2, 0.25) is 5.91 Å². The van der Waals surface area contributed by atoms with Crippen LogP contribution >= 0.6 is 23.4 Å². The van der Waals surface area contributed by atoms with E-state index in [2.05, 4.69) is 5.32 Å². The predicted molar refractivity (Wildman–Crippen MR) is 126 cm³/mol. The van der Waals surface area contributed by atoms with Crippen molar-refractivity contribution in [1.82, 2.24) is 4.90 Å². The Hall–Kier alpha value is -2.97. The summed E-state index contributed by atoms with van der Waals surface area (Å²) in [6.45, 7) is 3.58. The average molecular weight is 475 g/mol. The molecule has 2 aromatic carbocycles. The molecule has 2 aromatic rings. The molecule has 0 bridgehead atoms. The second-order valence-electron chi connectivity index (χ2n) is 7.04. The van der Waals surface area contributed by atoms with E-state index in [0.717, 1.165) is 23.1 Å². The van der Waals surface area contributed by atoms with Crippen LogP contribution in [-0.4, -0.2) is 41.7 Å². The number of nitrogens with one attached hydrogen (secondary N) is 1. The van der Waals surface area contributed by atoms with Crippen molar-refractivity contribution < 1.29 is 23.9 Å².